The van der Waals surface area contributed by atoms with Gasteiger partial charge in [0.15, 0.2) is 5.96 Å². The van der Waals surface area contributed by atoms with Gasteiger partial charge in [0.2, 0.25) is 0 Å². The van der Waals surface area contributed by atoms with Crippen LogP contribution in [0.25, 0.3) is 0 Å². The molecule has 0 aliphatic heterocycles. The molecule has 0 fully saturated rings. The van der Waals surface area contributed by atoms with Gasteiger partial charge in [0.1, 0.15) is 17.6 Å². The molecule has 1 aromatic carbocycles. The lowest BCUT2D eigenvalue weighted by atomic mass is 10.3. The molecule has 23 heavy (non-hydrogen) atoms. The summed E-state index contributed by atoms with van der Waals surface area (Å²) in [5.74, 6) is 1.84. The van der Waals surface area contributed by atoms with Gasteiger partial charge in [0.25, 0.3) is 0 Å². The molecule has 1 rings (SSSR count). The highest BCUT2D eigenvalue weighted by Crippen LogP contribution is 2.19. The summed E-state index contributed by atoms with van der Waals surface area (Å²) in [6, 6.07) is 7.45. The molecular formula is C16H25N3O4. The van der Waals surface area contributed by atoms with Crippen molar-refractivity contribution in [3.63, 3.8) is 0 Å². The number of ether oxygens (including phenoxy) is 3. The maximum atomic E-state index is 11.1. The maximum absolute atomic E-state index is 11.1. The average Bonchev–Trinajstić information content (AvgIpc) is 2.57. The molecule has 0 aromatic heterocycles. The number of nitrogens with one attached hydrogen (secondary N) is 2. The Morgan fingerprint density at radius 2 is 2.00 bits per heavy atom. The highest BCUT2D eigenvalue weighted by atomic mass is 16.5. The second kappa shape index (κ2) is 10.3. The zero-order chi connectivity index (χ0) is 17.1. The van der Waals surface area contributed by atoms with E-state index in [1.807, 2.05) is 31.2 Å². The van der Waals surface area contributed by atoms with E-state index in [-0.39, 0.29) is 18.5 Å². The van der Waals surface area contributed by atoms with Gasteiger partial charge in [-0.2, -0.15) is 0 Å². The molecule has 1 atom stereocenters. The molecule has 0 amide bonds. The topological polar surface area (TPSA) is 81.2 Å². The molecule has 2 N–H and O–H groups in total. The molecule has 0 aliphatic rings. The van der Waals surface area contributed by atoms with Crippen molar-refractivity contribution in [1.82, 2.24) is 10.6 Å². The molecule has 0 bridgehead atoms. The van der Waals surface area contributed by atoms with E-state index in [2.05, 4.69) is 20.4 Å². The van der Waals surface area contributed by atoms with Crippen LogP contribution in [0.15, 0.2) is 29.3 Å². The van der Waals surface area contributed by atoms with Crippen molar-refractivity contribution in [1.29, 1.82) is 0 Å². The number of guanidine groups is 1. The van der Waals surface area contributed by atoms with Crippen LogP contribution in [0.3, 0.4) is 0 Å². The summed E-state index contributed by atoms with van der Waals surface area (Å²) in [5, 5.41) is 6.17. The van der Waals surface area contributed by atoms with E-state index in [0.717, 1.165) is 11.5 Å². The van der Waals surface area contributed by atoms with E-state index in [0.29, 0.717) is 19.0 Å². The Kier molecular flexibility index (Phi) is 8.34. The van der Waals surface area contributed by atoms with Crippen molar-refractivity contribution < 1.29 is 19.0 Å². The van der Waals surface area contributed by atoms with Gasteiger partial charge in [0, 0.05) is 19.7 Å². The first kappa shape index (κ1) is 18.6. The fraction of sp³-hybridized carbons (Fsp3) is 0.500. The number of hydrogen-bond acceptors (Lipinski definition) is 5. The predicted molar refractivity (Wildman–Crippen MR) is 89.1 cm³/mol. The number of methoxy groups -OCH3 is 2. The third-order valence-electron chi connectivity index (χ3n) is 3.01. The minimum Gasteiger partial charge on any atom is -0.497 e. The monoisotopic (exact) mass is 323 g/mol. The largest absolute Gasteiger partial charge is 0.497 e. The number of benzene rings is 1. The van der Waals surface area contributed by atoms with Gasteiger partial charge in [-0.1, -0.05) is 6.07 Å². The molecule has 0 aliphatic carbocycles. The van der Waals surface area contributed by atoms with Crippen LogP contribution in [-0.2, 0) is 9.53 Å². The quantitative estimate of drug-likeness (QED) is 0.425. The molecule has 0 heterocycles. The van der Waals surface area contributed by atoms with Crippen LogP contribution < -0.4 is 20.1 Å². The van der Waals surface area contributed by atoms with Gasteiger partial charge in [0.05, 0.1) is 27.2 Å². The maximum Gasteiger partial charge on any atom is 0.307 e. The van der Waals surface area contributed by atoms with Crippen molar-refractivity contribution in [2.75, 3.05) is 34.4 Å². The Hall–Kier alpha value is -2.44. The lowest BCUT2D eigenvalue weighted by molar-refractivity contribution is -0.140. The fourth-order valence-electron chi connectivity index (χ4n) is 1.79. The summed E-state index contributed by atoms with van der Waals surface area (Å²) in [6.45, 7) is 2.97. The van der Waals surface area contributed by atoms with Crippen molar-refractivity contribution >= 4 is 11.9 Å². The summed E-state index contributed by atoms with van der Waals surface area (Å²) in [5.41, 5.74) is 0. The molecule has 128 valence electrons. The van der Waals surface area contributed by atoms with Crippen molar-refractivity contribution in [2.24, 2.45) is 4.99 Å². The molecule has 7 nitrogen and oxygen atoms in total. The number of carbonyl (C=O) groups excluding carboxylic acids is 1. The van der Waals surface area contributed by atoms with Crippen LogP contribution in [0, 0.1) is 0 Å². The number of hydrogen-bond donors (Lipinski definition) is 2. The Labute approximate surface area is 137 Å². The van der Waals surface area contributed by atoms with E-state index in [9.17, 15) is 4.79 Å². The summed E-state index contributed by atoms with van der Waals surface area (Å²) >= 11 is 0. The summed E-state index contributed by atoms with van der Waals surface area (Å²) in [6.07, 6.45) is 0.217. The van der Waals surface area contributed by atoms with E-state index in [1.54, 1.807) is 14.2 Å². The zero-order valence-corrected chi connectivity index (χ0v) is 14.1. The minimum atomic E-state index is -0.261. The van der Waals surface area contributed by atoms with Gasteiger partial charge in [-0.25, -0.2) is 0 Å². The van der Waals surface area contributed by atoms with Crippen LogP contribution in [0.4, 0.5) is 0 Å². The zero-order valence-electron chi connectivity index (χ0n) is 14.1. The first-order valence-electron chi connectivity index (χ1n) is 7.41. The smallest absolute Gasteiger partial charge is 0.307 e. The van der Waals surface area contributed by atoms with Crippen LogP contribution in [0.5, 0.6) is 11.5 Å². The summed E-state index contributed by atoms with van der Waals surface area (Å²) in [7, 11) is 4.65. The lowest BCUT2D eigenvalue weighted by Gasteiger charge is -2.18. The second-order valence-corrected chi connectivity index (χ2v) is 4.81. The molecule has 1 aromatic rings. The average molecular weight is 323 g/mol. The third-order valence-corrected chi connectivity index (χ3v) is 3.01. The van der Waals surface area contributed by atoms with Crippen molar-refractivity contribution in [3.05, 3.63) is 24.3 Å². The molecule has 0 spiro atoms. The summed E-state index contributed by atoms with van der Waals surface area (Å²) < 4.78 is 15.6. The fourth-order valence-corrected chi connectivity index (χ4v) is 1.79. The van der Waals surface area contributed by atoms with Gasteiger partial charge in [-0.15, -0.1) is 0 Å². The molecule has 7 heteroatoms. The van der Waals surface area contributed by atoms with E-state index in [1.165, 1.54) is 7.11 Å². The van der Waals surface area contributed by atoms with E-state index >= 15 is 0 Å². The lowest BCUT2D eigenvalue weighted by Crippen LogP contribution is -2.42. The summed E-state index contributed by atoms with van der Waals surface area (Å²) in [4.78, 5) is 15.1. The number of esters is 1. The highest BCUT2D eigenvalue weighted by molar-refractivity contribution is 5.80. The van der Waals surface area contributed by atoms with Gasteiger partial charge >= 0.3 is 5.97 Å². The Balaban J connectivity index is 2.35. The number of nitrogens with zero attached hydrogens (tertiary/aromatic N) is 1. The number of rotatable bonds is 8. The SMILES string of the molecule is CN=C(NCCC(=O)OC)NCC(C)Oc1cccc(OC)c1. The predicted octanol–water partition coefficient (Wildman–Crippen LogP) is 1.19. The van der Waals surface area contributed by atoms with Gasteiger partial charge in [-0.3, -0.25) is 9.79 Å². The molecular weight excluding hydrogens is 298 g/mol. The molecule has 1 unspecified atom stereocenters. The van der Waals surface area contributed by atoms with Gasteiger partial charge in [-0.05, 0) is 19.1 Å². The van der Waals surface area contributed by atoms with Gasteiger partial charge < -0.3 is 24.8 Å². The van der Waals surface area contributed by atoms with Crippen LogP contribution >= 0.6 is 0 Å². The van der Waals surface area contributed by atoms with Crippen molar-refractivity contribution in [3.8, 4) is 11.5 Å². The first-order chi connectivity index (χ1) is 11.1. The molecule has 0 saturated carbocycles. The molecule has 0 saturated heterocycles. The van der Waals surface area contributed by atoms with E-state index < -0.39 is 0 Å². The van der Waals surface area contributed by atoms with Crippen LogP contribution in [-0.4, -0.2) is 52.4 Å². The normalized spacial score (nSPS) is 12.3. The Morgan fingerprint density at radius 1 is 1.26 bits per heavy atom. The highest BCUT2D eigenvalue weighted by Gasteiger charge is 2.07. The van der Waals surface area contributed by atoms with Crippen LogP contribution in [0.2, 0.25) is 0 Å². The Bertz CT molecular complexity index is 520. The number of carbonyl (C=O) groups is 1. The third kappa shape index (κ3) is 7.39. The Morgan fingerprint density at radius 3 is 2.65 bits per heavy atom. The standard InChI is InChI=1S/C16H25N3O4/c1-12(23-14-7-5-6-13(10-14)21-3)11-19-16(17-2)18-9-8-15(20)22-4/h5-7,10,12H,8-9,11H2,1-4H3,(H2,17,18,19). The number of aliphatic imine (C=N–C) groups is 1. The second-order valence-electron chi connectivity index (χ2n) is 4.81. The minimum absolute atomic E-state index is 0.0683. The molecule has 0 radical (unpaired) electrons. The van der Waals surface area contributed by atoms with E-state index in [4.69, 9.17) is 9.47 Å². The van der Waals surface area contributed by atoms with Crippen LogP contribution in [0.1, 0.15) is 13.3 Å². The first-order valence-corrected chi connectivity index (χ1v) is 7.41. The van der Waals surface area contributed by atoms with Crippen molar-refractivity contribution in [2.45, 2.75) is 19.4 Å².